The summed E-state index contributed by atoms with van der Waals surface area (Å²) in [7, 11) is 2.45. The van der Waals surface area contributed by atoms with Gasteiger partial charge in [-0.1, -0.05) is 0 Å². The predicted molar refractivity (Wildman–Crippen MR) is 74.7 cm³/mol. The molecule has 1 heterocycles. The van der Waals surface area contributed by atoms with E-state index in [1.807, 2.05) is 0 Å². The fourth-order valence-electron chi connectivity index (χ4n) is 1.81. The molecule has 8 heteroatoms. The highest BCUT2D eigenvalue weighted by Gasteiger charge is 2.41. The molecule has 8 nitrogen and oxygen atoms in total. The number of carbonyl (C=O) groups is 3. The second-order valence-corrected chi connectivity index (χ2v) is 5.93. The van der Waals surface area contributed by atoms with Gasteiger partial charge in [0.25, 0.3) is 0 Å². The molecule has 0 aliphatic carbocycles. The van der Waals surface area contributed by atoms with Crippen molar-refractivity contribution in [2.24, 2.45) is 15.6 Å². The van der Waals surface area contributed by atoms with Gasteiger partial charge in [0.2, 0.25) is 0 Å². The van der Waals surface area contributed by atoms with Crippen LogP contribution in [-0.2, 0) is 28.6 Å². The van der Waals surface area contributed by atoms with Gasteiger partial charge in [-0.25, -0.2) is 9.59 Å². The molecule has 0 N–H and O–H groups in total. The minimum absolute atomic E-state index is 0.0240. The van der Waals surface area contributed by atoms with Gasteiger partial charge in [-0.2, -0.15) is 5.11 Å². The van der Waals surface area contributed by atoms with Crippen molar-refractivity contribution in [3.8, 4) is 0 Å². The number of ether oxygens (including phenoxy) is 3. The fourth-order valence-corrected chi connectivity index (χ4v) is 1.81. The van der Waals surface area contributed by atoms with E-state index in [0.717, 1.165) is 0 Å². The maximum atomic E-state index is 12.1. The molecule has 0 saturated heterocycles. The summed E-state index contributed by atoms with van der Waals surface area (Å²) in [5.41, 5.74) is -2.17. The summed E-state index contributed by atoms with van der Waals surface area (Å²) in [6, 6.07) is 0. The fraction of sp³-hybridized carbons (Fsp3) is 0.643. The second kappa shape index (κ2) is 6.25. The van der Waals surface area contributed by atoms with E-state index in [4.69, 9.17) is 4.74 Å². The van der Waals surface area contributed by atoms with Crippen LogP contribution >= 0.6 is 0 Å². The highest BCUT2D eigenvalue weighted by atomic mass is 16.5. The number of rotatable bonds is 5. The second-order valence-electron chi connectivity index (χ2n) is 5.93. The predicted octanol–water partition coefficient (Wildman–Crippen LogP) is 1.40. The van der Waals surface area contributed by atoms with Crippen LogP contribution in [0.4, 0.5) is 0 Å². The van der Waals surface area contributed by atoms with E-state index in [1.165, 1.54) is 14.2 Å². The molecule has 0 radical (unpaired) electrons. The van der Waals surface area contributed by atoms with E-state index in [1.54, 1.807) is 27.7 Å². The molecule has 0 fully saturated rings. The monoisotopic (exact) mass is 312 g/mol. The van der Waals surface area contributed by atoms with Crippen molar-refractivity contribution >= 4 is 17.9 Å². The van der Waals surface area contributed by atoms with Crippen LogP contribution in [0.1, 0.15) is 27.7 Å². The molecule has 0 amide bonds. The first-order valence-electron chi connectivity index (χ1n) is 6.58. The Bertz CT molecular complexity index is 560. The van der Waals surface area contributed by atoms with Gasteiger partial charge < -0.3 is 14.2 Å². The van der Waals surface area contributed by atoms with Gasteiger partial charge in [-0.15, -0.1) is 5.11 Å². The summed E-state index contributed by atoms with van der Waals surface area (Å²) in [5, 5.41) is 7.59. The van der Waals surface area contributed by atoms with E-state index in [2.05, 4.69) is 19.7 Å². The standard InChI is InChI=1S/C14H20N2O6/c1-13(2,12(19)21-6)7-22-11(18)9-8(10(17)20-5)14(3,4)16-15-9/h7H2,1-6H3. The van der Waals surface area contributed by atoms with Gasteiger partial charge in [0.15, 0.2) is 5.70 Å². The third-order valence-electron chi connectivity index (χ3n) is 3.13. The van der Waals surface area contributed by atoms with Crippen LogP contribution in [0, 0.1) is 5.41 Å². The van der Waals surface area contributed by atoms with Gasteiger partial charge >= 0.3 is 17.9 Å². The molecular weight excluding hydrogens is 292 g/mol. The molecule has 1 aliphatic rings. The zero-order valence-electron chi connectivity index (χ0n) is 13.6. The number of nitrogens with zero attached hydrogens (tertiary/aromatic N) is 2. The van der Waals surface area contributed by atoms with Crippen molar-refractivity contribution in [1.29, 1.82) is 0 Å². The average molecular weight is 312 g/mol. The van der Waals surface area contributed by atoms with Crippen LogP contribution in [0.5, 0.6) is 0 Å². The summed E-state index contributed by atoms with van der Waals surface area (Å²) in [4.78, 5) is 35.5. The van der Waals surface area contributed by atoms with Crippen molar-refractivity contribution in [1.82, 2.24) is 0 Å². The smallest absolute Gasteiger partial charge is 0.359 e. The zero-order valence-corrected chi connectivity index (χ0v) is 13.6. The van der Waals surface area contributed by atoms with Crippen molar-refractivity contribution < 1.29 is 28.6 Å². The summed E-state index contributed by atoms with van der Waals surface area (Å²) < 4.78 is 14.3. The van der Waals surface area contributed by atoms with Crippen LogP contribution < -0.4 is 0 Å². The quantitative estimate of drug-likeness (QED) is 0.561. The van der Waals surface area contributed by atoms with Gasteiger partial charge in [0.05, 0.1) is 19.6 Å². The lowest BCUT2D eigenvalue weighted by atomic mass is 9.94. The van der Waals surface area contributed by atoms with E-state index in [-0.39, 0.29) is 17.9 Å². The van der Waals surface area contributed by atoms with Crippen LogP contribution in [0.25, 0.3) is 0 Å². The van der Waals surface area contributed by atoms with Crippen LogP contribution in [0.15, 0.2) is 21.5 Å². The maximum Gasteiger partial charge on any atom is 0.359 e. The first-order valence-corrected chi connectivity index (χ1v) is 6.58. The zero-order chi connectivity index (χ0) is 17.1. The summed E-state index contributed by atoms with van der Waals surface area (Å²) in [6.45, 7) is 6.18. The van der Waals surface area contributed by atoms with Crippen molar-refractivity contribution in [3.05, 3.63) is 11.3 Å². The number of hydrogen-bond acceptors (Lipinski definition) is 8. The molecule has 1 rings (SSSR count). The largest absolute Gasteiger partial charge is 0.469 e. The Balaban J connectivity index is 2.95. The lowest BCUT2D eigenvalue weighted by Crippen LogP contribution is -2.32. The van der Waals surface area contributed by atoms with Crippen LogP contribution in [-0.4, -0.2) is 44.3 Å². The Kier molecular flexibility index (Phi) is 5.05. The molecule has 1 aliphatic heterocycles. The molecule has 0 spiro atoms. The Morgan fingerprint density at radius 1 is 1.09 bits per heavy atom. The lowest BCUT2D eigenvalue weighted by molar-refractivity contribution is -0.158. The Labute approximate surface area is 128 Å². The molecule has 0 aromatic rings. The van der Waals surface area contributed by atoms with E-state index < -0.39 is 28.9 Å². The molecule has 22 heavy (non-hydrogen) atoms. The topological polar surface area (TPSA) is 104 Å². The Morgan fingerprint density at radius 2 is 1.68 bits per heavy atom. The molecule has 122 valence electrons. The lowest BCUT2D eigenvalue weighted by Gasteiger charge is -2.21. The first kappa shape index (κ1) is 17.8. The average Bonchev–Trinajstić information content (AvgIpc) is 2.78. The van der Waals surface area contributed by atoms with Crippen molar-refractivity contribution in [2.75, 3.05) is 20.8 Å². The minimum atomic E-state index is -1.01. The molecular formula is C14H20N2O6. The van der Waals surface area contributed by atoms with E-state index in [9.17, 15) is 14.4 Å². The molecule has 0 aromatic heterocycles. The third-order valence-corrected chi connectivity index (χ3v) is 3.13. The van der Waals surface area contributed by atoms with Crippen molar-refractivity contribution in [2.45, 2.75) is 33.2 Å². The van der Waals surface area contributed by atoms with Gasteiger partial charge in [0, 0.05) is 0 Å². The normalized spacial score (nSPS) is 16.5. The first-order chi connectivity index (χ1) is 10.1. The van der Waals surface area contributed by atoms with Gasteiger partial charge in [-0.3, -0.25) is 4.79 Å². The van der Waals surface area contributed by atoms with Crippen molar-refractivity contribution in [3.63, 3.8) is 0 Å². The SMILES string of the molecule is COC(=O)C1=C(C(=O)OCC(C)(C)C(=O)OC)N=NC1(C)C. The van der Waals surface area contributed by atoms with Crippen LogP contribution in [0.3, 0.4) is 0 Å². The van der Waals surface area contributed by atoms with Crippen LogP contribution in [0.2, 0.25) is 0 Å². The molecule has 0 atom stereocenters. The summed E-state index contributed by atoms with van der Waals surface area (Å²) >= 11 is 0. The molecule has 0 unspecified atom stereocenters. The number of azo groups is 1. The maximum absolute atomic E-state index is 12.1. The van der Waals surface area contributed by atoms with Gasteiger partial charge in [-0.05, 0) is 27.7 Å². The number of methoxy groups -OCH3 is 2. The number of esters is 3. The third kappa shape index (κ3) is 3.49. The van der Waals surface area contributed by atoms with Gasteiger partial charge in [0.1, 0.15) is 17.7 Å². The highest BCUT2D eigenvalue weighted by molar-refractivity contribution is 6.02. The molecule has 0 saturated carbocycles. The summed E-state index contributed by atoms with van der Waals surface area (Å²) in [5.74, 6) is -2.06. The van der Waals surface area contributed by atoms with E-state index in [0.29, 0.717) is 0 Å². The Morgan fingerprint density at radius 3 is 2.18 bits per heavy atom. The molecule has 0 bridgehead atoms. The highest BCUT2D eigenvalue weighted by Crippen LogP contribution is 2.33. The summed E-state index contributed by atoms with van der Waals surface area (Å²) in [6.07, 6.45) is 0. The minimum Gasteiger partial charge on any atom is -0.469 e. The number of hydrogen-bond donors (Lipinski definition) is 0. The molecule has 0 aromatic carbocycles. The Hall–Kier alpha value is -2.25. The number of carbonyl (C=O) groups excluding carboxylic acids is 3. The van der Waals surface area contributed by atoms with E-state index >= 15 is 0 Å².